The highest BCUT2D eigenvalue weighted by atomic mass is 16.3. The van der Waals surface area contributed by atoms with Gasteiger partial charge in [0.05, 0.1) is 6.26 Å². The third-order valence-corrected chi connectivity index (χ3v) is 5.75. The second-order valence-corrected chi connectivity index (χ2v) is 7.88. The van der Waals surface area contributed by atoms with E-state index in [-0.39, 0.29) is 11.6 Å². The molecule has 4 rings (SSSR count). The first-order valence-electron chi connectivity index (χ1n) is 11.2. The minimum absolute atomic E-state index is 0.00272. The molecule has 1 saturated heterocycles. The lowest BCUT2D eigenvalue weighted by atomic mass is 10.2. The molecule has 2 aliphatic rings. The maximum atomic E-state index is 12.4. The van der Waals surface area contributed by atoms with Crippen LogP contribution in [0, 0.1) is 0 Å². The standard InChI is InChI=1S/C21H31N7O3/c1-2-22-20(26-14-12-25(13-15-26)19(29)17-7-5-16-31-17)23-9-6-11-28-21(30)27-10-4-3-8-18(27)24-28/h5,7,16H,2-4,6,8-15H2,1H3,(H,22,23). The first-order valence-corrected chi connectivity index (χ1v) is 11.2. The fourth-order valence-corrected chi connectivity index (χ4v) is 4.10. The zero-order valence-corrected chi connectivity index (χ0v) is 18.1. The molecule has 0 saturated carbocycles. The molecule has 10 nitrogen and oxygen atoms in total. The largest absolute Gasteiger partial charge is 0.459 e. The summed E-state index contributed by atoms with van der Waals surface area (Å²) >= 11 is 0. The molecule has 2 aromatic heterocycles. The van der Waals surface area contributed by atoms with Gasteiger partial charge in [0.25, 0.3) is 5.91 Å². The number of amides is 1. The summed E-state index contributed by atoms with van der Waals surface area (Å²) in [4.78, 5) is 33.6. The molecule has 0 bridgehead atoms. The Bertz CT molecular complexity index is 952. The van der Waals surface area contributed by atoms with Crippen LogP contribution in [-0.2, 0) is 19.5 Å². The lowest BCUT2D eigenvalue weighted by Gasteiger charge is -2.36. The van der Waals surface area contributed by atoms with Crippen molar-refractivity contribution in [2.75, 3.05) is 39.3 Å². The number of aryl methyl sites for hydroxylation is 2. The summed E-state index contributed by atoms with van der Waals surface area (Å²) in [6.07, 6.45) is 5.32. The van der Waals surface area contributed by atoms with Crippen LogP contribution in [0.25, 0.3) is 0 Å². The summed E-state index contributed by atoms with van der Waals surface area (Å²) in [5.74, 6) is 2.07. The average Bonchev–Trinajstić information content (AvgIpc) is 3.45. The normalized spacial score (nSPS) is 17.0. The summed E-state index contributed by atoms with van der Waals surface area (Å²) in [5, 5.41) is 7.83. The van der Waals surface area contributed by atoms with E-state index in [2.05, 4.69) is 15.3 Å². The van der Waals surface area contributed by atoms with Gasteiger partial charge in [0.15, 0.2) is 11.7 Å². The van der Waals surface area contributed by atoms with Gasteiger partial charge in [-0.3, -0.25) is 14.4 Å². The summed E-state index contributed by atoms with van der Waals surface area (Å²) in [6.45, 7) is 7.47. The third-order valence-electron chi connectivity index (χ3n) is 5.75. The van der Waals surface area contributed by atoms with Crippen molar-refractivity contribution in [1.82, 2.24) is 29.5 Å². The van der Waals surface area contributed by atoms with Crippen molar-refractivity contribution in [3.8, 4) is 0 Å². The van der Waals surface area contributed by atoms with Crippen molar-refractivity contribution in [2.24, 2.45) is 4.99 Å². The molecule has 1 amide bonds. The van der Waals surface area contributed by atoms with Crippen LogP contribution in [-0.4, -0.2) is 75.3 Å². The molecule has 168 valence electrons. The minimum Gasteiger partial charge on any atom is -0.459 e. The van der Waals surface area contributed by atoms with Gasteiger partial charge in [-0.1, -0.05) is 0 Å². The number of aromatic nitrogens is 3. The fraction of sp³-hybridized carbons (Fsp3) is 0.619. The van der Waals surface area contributed by atoms with Crippen LogP contribution >= 0.6 is 0 Å². The first kappa shape index (κ1) is 21.2. The molecular formula is C21H31N7O3. The number of carbonyl (C=O) groups excluding carboxylic acids is 1. The van der Waals surface area contributed by atoms with Crippen molar-refractivity contribution >= 4 is 11.9 Å². The number of piperazine rings is 1. The summed E-state index contributed by atoms with van der Waals surface area (Å²) < 4.78 is 8.62. The topological polar surface area (TPSA) is 101 Å². The highest BCUT2D eigenvalue weighted by Crippen LogP contribution is 2.11. The van der Waals surface area contributed by atoms with E-state index in [9.17, 15) is 9.59 Å². The van der Waals surface area contributed by atoms with E-state index < -0.39 is 0 Å². The van der Waals surface area contributed by atoms with E-state index in [1.165, 1.54) is 6.26 Å². The van der Waals surface area contributed by atoms with Gasteiger partial charge >= 0.3 is 5.69 Å². The predicted octanol–water partition coefficient (Wildman–Crippen LogP) is 0.788. The molecule has 1 fully saturated rings. The molecule has 10 heteroatoms. The Morgan fingerprint density at radius 3 is 2.71 bits per heavy atom. The van der Waals surface area contributed by atoms with E-state index in [1.807, 2.05) is 11.8 Å². The smallest absolute Gasteiger partial charge is 0.345 e. The number of hydrogen-bond donors (Lipinski definition) is 1. The Kier molecular flexibility index (Phi) is 6.73. The van der Waals surface area contributed by atoms with Crippen LogP contribution in [0.3, 0.4) is 0 Å². The molecule has 2 aliphatic heterocycles. The van der Waals surface area contributed by atoms with Gasteiger partial charge in [-0.15, -0.1) is 0 Å². The summed E-state index contributed by atoms with van der Waals surface area (Å²) in [7, 11) is 0. The number of hydrogen-bond acceptors (Lipinski definition) is 5. The number of carbonyl (C=O) groups is 1. The van der Waals surface area contributed by atoms with Crippen LogP contribution in [0.15, 0.2) is 32.6 Å². The van der Waals surface area contributed by atoms with Crippen molar-refractivity contribution in [3.63, 3.8) is 0 Å². The summed E-state index contributed by atoms with van der Waals surface area (Å²) in [5.41, 5.74) is 0.00272. The molecular weight excluding hydrogens is 398 g/mol. The quantitative estimate of drug-likeness (QED) is 0.414. The summed E-state index contributed by atoms with van der Waals surface area (Å²) in [6, 6.07) is 3.43. The van der Waals surface area contributed by atoms with Crippen LogP contribution in [0.1, 0.15) is 42.6 Å². The van der Waals surface area contributed by atoms with Crippen LogP contribution in [0.2, 0.25) is 0 Å². The maximum Gasteiger partial charge on any atom is 0.345 e. The molecule has 4 heterocycles. The van der Waals surface area contributed by atoms with Crippen LogP contribution < -0.4 is 11.0 Å². The SMILES string of the molecule is CCNC(=NCCCn1nc2n(c1=O)CCCC2)N1CCN(C(=O)c2ccco2)CC1. The van der Waals surface area contributed by atoms with E-state index >= 15 is 0 Å². The van der Waals surface area contributed by atoms with Gasteiger partial charge in [0, 0.05) is 58.8 Å². The van der Waals surface area contributed by atoms with Gasteiger partial charge in [0.2, 0.25) is 0 Å². The number of aliphatic imine (C=N–C) groups is 1. The molecule has 0 atom stereocenters. The van der Waals surface area contributed by atoms with E-state index in [0.29, 0.717) is 45.0 Å². The lowest BCUT2D eigenvalue weighted by molar-refractivity contribution is 0.0657. The van der Waals surface area contributed by atoms with Crippen molar-refractivity contribution < 1.29 is 9.21 Å². The van der Waals surface area contributed by atoms with Gasteiger partial charge < -0.3 is 19.5 Å². The molecule has 0 spiro atoms. The number of furan rings is 1. The Labute approximate surface area is 181 Å². The van der Waals surface area contributed by atoms with Crippen LogP contribution in [0.4, 0.5) is 0 Å². The zero-order chi connectivity index (χ0) is 21.6. The molecule has 0 radical (unpaired) electrons. The number of rotatable bonds is 6. The lowest BCUT2D eigenvalue weighted by Crippen LogP contribution is -2.53. The number of fused-ring (bicyclic) bond motifs is 1. The molecule has 31 heavy (non-hydrogen) atoms. The van der Waals surface area contributed by atoms with E-state index in [1.54, 1.807) is 21.4 Å². The zero-order valence-electron chi connectivity index (χ0n) is 18.1. The van der Waals surface area contributed by atoms with Crippen molar-refractivity contribution in [1.29, 1.82) is 0 Å². The highest BCUT2D eigenvalue weighted by molar-refractivity contribution is 5.91. The highest BCUT2D eigenvalue weighted by Gasteiger charge is 2.25. The van der Waals surface area contributed by atoms with Crippen molar-refractivity contribution in [2.45, 2.75) is 45.7 Å². The Morgan fingerprint density at radius 1 is 1.19 bits per heavy atom. The number of nitrogens with zero attached hydrogens (tertiary/aromatic N) is 6. The Balaban J connectivity index is 1.29. The minimum atomic E-state index is -0.0696. The second-order valence-electron chi connectivity index (χ2n) is 7.88. The second kappa shape index (κ2) is 9.84. The fourth-order valence-electron chi connectivity index (χ4n) is 4.10. The van der Waals surface area contributed by atoms with Crippen LogP contribution in [0.5, 0.6) is 0 Å². The van der Waals surface area contributed by atoms with Gasteiger partial charge in [-0.05, 0) is 38.3 Å². The monoisotopic (exact) mass is 429 g/mol. The molecule has 0 aliphatic carbocycles. The molecule has 1 N–H and O–H groups in total. The Morgan fingerprint density at radius 2 is 2.00 bits per heavy atom. The van der Waals surface area contributed by atoms with Gasteiger partial charge in [0.1, 0.15) is 5.82 Å². The number of guanidine groups is 1. The average molecular weight is 430 g/mol. The molecule has 2 aromatic rings. The maximum absolute atomic E-state index is 12.4. The van der Waals surface area contributed by atoms with E-state index in [0.717, 1.165) is 50.6 Å². The predicted molar refractivity (Wildman–Crippen MR) is 116 cm³/mol. The third kappa shape index (κ3) is 4.83. The van der Waals surface area contributed by atoms with Gasteiger partial charge in [-0.25, -0.2) is 9.48 Å². The molecule has 0 aromatic carbocycles. The van der Waals surface area contributed by atoms with Gasteiger partial charge in [-0.2, -0.15) is 5.10 Å². The number of nitrogens with one attached hydrogen (secondary N) is 1. The van der Waals surface area contributed by atoms with Crippen molar-refractivity contribution in [3.05, 3.63) is 40.5 Å². The molecule has 0 unspecified atom stereocenters. The van der Waals surface area contributed by atoms with E-state index in [4.69, 9.17) is 9.41 Å². The Hall–Kier alpha value is -3.04. The first-order chi connectivity index (χ1) is 15.2.